The van der Waals surface area contributed by atoms with E-state index >= 15 is 0 Å². The molecule has 2 rings (SSSR count). The van der Waals surface area contributed by atoms with E-state index in [4.69, 9.17) is 0 Å². The Bertz CT molecular complexity index is 548. The second-order valence-corrected chi connectivity index (χ2v) is 4.94. The minimum atomic E-state index is 0.397. The molecular weight excluding hydrogens is 232 g/mol. The summed E-state index contributed by atoms with van der Waals surface area (Å²) in [5.74, 6) is 0.397. The Morgan fingerprint density at radius 3 is 1.89 bits per heavy atom. The third-order valence-electron chi connectivity index (χ3n) is 3.66. The second-order valence-electron chi connectivity index (χ2n) is 4.94. The lowest BCUT2D eigenvalue weighted by atomic mass is 9.96. The predicted molar refractivity (Wildman–Crippen MR) is 81.7 cm³/mol. The second kappa shape index (κ2) is 5.92. The van der Waals surface area contributed by atoms with Crippen LogP contribution in [0.3, 0.4) is 0 Å². The maximum atomic E-state index is 9.78. The van der Waals surface area contributed by atoms with Gasteiger partial charge in [-0.15, -0.1) is 0 Å². The molecular formula is C18H22O. The fraction of sp³-hybridized carbons (Fsp3) is 0.333. The molecule has 0 atom stereocenters. The summed E-state index contributed by atoms with van der Waals surface area (Å²) in [5.41, 5.74) is 6.21. The number of benzene rings is 2. The van der Waals surface area contributed by atoms with Crippen LogP contribution in [0.4, 0.5) is 0 Å². The topological polar surface area (TPSA) is 20.2 Å². The molecule has 1 heteroatoms. The molecule has 0 fully saturated rings. The molecule has 0 unspecified atom stereocenters. The van der Waals surface area contributed by atoms with Crippen LogP contribution in [0.25, 0.3) is 11.1 Å². The molecule has 0 amide bonds. The van der Waals surface area contributed by atoms with Crippen molar-refractivity contribution in [2.24, 2.45) is 0 Å². The quantitative estimate of drug-likeness (QED) is 0.835. The molecule has 100 valence electrons. The van der Waals surface area contributed by atoms with E-state index < -0.39 is 0 Å². The monoisotopic (exact) mass is 254 g/mol. The zero-order valence-corrected chi connectivity index (χ0v) is 12.0. The van der Waals surface area contributed by atoms with E-state index in [9.17, 15) is 5.11 Å². The van der Waals surface area contributed by atoms with Gasteiger partial charge < -0.3 is 5.11 Å². The third-order valence-corrected chi connectivity index (χ3v) is 3.66. The van der Waals surface area contributed by atoms with Crippen LogP contribution in [0.15, 0.2) is 36.4 Å². The Morgan fingerprint density at radius 1 is 0.737 bits per heavy atom. The van der Waals surface area contributed by atoms with Gasteiger partial charge >= 0.3 is 0 Å². The first-order chi connectivity index (χ1) is 9.17. The molecule has 1 N–H and O–H groups in total. The normalized spacial score (nSPS) is 10.7. The molecule has 0 spiro atoms. The molecule has 0 radical (unpaired) electrons. The number of aromatic hydroxyl groups is 1. The molecule has 0 aliphatic carbocycles. The van der Waals surface area contributed by atoms with Crippen molar-refractivity contribution in [3.05, 3.63) is 53.1 Å². The highest BCUT2D eigenvalue weighted by Gasteiger charge is 2.05. The van der Waals surface area contributed by atoms with Gasteiger partial charge in [0.25, 0.3) is 0 Å². The molecule has 0 aromatic heterocycles. The average molecular weight is 254 g/mol. The van der Waals surface area contributed by atoms with Gasteiger partial charge in [-0.3, -0.25) is 0 Å². The molecule has 1 nitrogen and oxygen atoms in total. The largest absolute Gasteiger partial charge is 0.508 e. The van der Waals surface area contributed by atoms with Crippen LogP contribution in [0, 0.1) is 0 Å². The summed E-state index contributed by atoms with van der Waals surface area (Å²) < 4.78 is 0. The third kappa shape index (κ3) is 2.98. The summed E-state index contributed by atoms with van der Waals surface area (Å²) in [5, 5.41) is 9.78. The summed E-state index contributed by atoms with van der Waals surface area (Å²) in [6, 6.07) is 12.7. The highest BCUT2D eigenvalue weighted by atomic mass is 16.3. The van der Waals surface area contributed by atoms with Crippen LogP contribution in [0.2, 0.25) is 0 Å². The summed E-state index contributed by atoms with van der Waals surface area (Å²) in [4.78, 5) is 0. The van der Waals surface area contributed by atoms with Crippen molar-refractivity contribution in [1.29, 1.82) is 0 Å². The van der Waals surface area contributed by atoms with E-state index in [0.29, 0.717) is 5.75 Å². The molecule has 0 aliphatic rings. The number of phenolic OH excluding ortho intramolecular Hbond substituents is 1. The van der Waals surface area contributed by atoms with Crippen molar-refractivity contribution < 1.29 is 5.11 Å². The van der Waals surface area contributed by atoms with E-state index in [1.54, 1.807) is 6.07 Å². The number of aryl methyl sites for hydroxylation is 3. The molecule has 2 aromatic carbocycles. The van der Waals surface area contributed by atoms with E-state index in [0.717, 1.165) is 24.8 Å². The minimum Gasteiger partial charge on any atom is -0.508 e. The SMILES string of the molecule is CCc1cc(CC)cc(-c2ccc(O)c(CC)c2)c1. The van der Waals surface area contributed by atoms with Gasteiger partial charge in [0.2, 0.25) is 0 Å². The highest BCUT2D eigenvalue weighted by molar-refractivity contribution is 5.67. The Morgan fingerprint density at radius 2 is 1.37 bits per heavy atom. The van der Waals surface area contributed by atoms with E-state index in [1.807, 2.05) is 6.07 Å². The summed E-state index contributed by atoms with van der Waals surface area (Å²) in [6.07, 6.45) is 2.97. The van der Waals surface area contributed by atoms with Crippen LogP contribution >= 0.6 is 0 Å². The van der Waals surface area contributed by atoms with Crippen LogP contribution in [0.5, 0.6) is 5.75 Å². The summed E-state index contributed by atoms with van der Waals surface area (Å²) in [7, 11) is 0. The van der Waals surface area contributed by atoms with Crippen LogP contribution < -0.4 is 0 Å². The van der Waals surface area contributed by atoms with Crippen molar-refractivity contribution in [3.8, 4) is 16.9 Å². The maximum absolute atomic E-state index is 9.78. The first-order valence-corrected chi connectivity index (χ1v) is 7.13. The van der Waals surface area contributed by atoms with Gasteiger partial charge in [-0.05, 0) is 59.2 Å². The molecule has 0 aliphatic heterocycles. The van der Waals surface area contributed by atoms with Crippen molar-refractivity contribution >= 4 is 0 Å². The van der Waals surface area contributed by atoms with Crippen LogP contribution in [-0.4, -0.2) is 5.11 Å². The lowest BCUT2D eigenvalue weighted by Crippen LogP contribution is -1.90. The minimum absolute atomic E-state index is 0.397. The van der Waals surface area contributed by atoms with Gasteiger partial charge in [-0.25, -0.2) is 0 Å². The fourth-order valence-electron chi connectivity index (χ4n) is 2.39. The Balaban J connectivity index is 2.51. The summed E-state index contributed by atoms with van der Waals surface area (Å²) in [6.45, 7) is 6.44. The average Bonchev–Trinajstić information content (AvgIpc) is 2.47. The Labute approximate surface area is 115 Å². The van der Waals surface area contributed by atoms with Gasteiger partial charge in [-0.1, -0.05) is 45.0 Å². The molecule has 0 saturated carbocycles. The fourth-order valence-corrected chi connectivity index (χ4v) is 2.39. The lowest BCUT2D eigenvalue weighted by Gasteiger charge is -2.10. The first kappa shape index (κ1) is 13.7. The Hall–Kier alpha value is -1.76. The number of hydrogen-bond acceptors (Lipinski definition) is 1. The van der Waals surface area contributed by atoms with Crippen molar-refractivity contribution in [2.75, 3.05) is 0 Å². The smallest absolute Gasteiger partial charge is 0.118 e. The lowest BCUT2D eigenvalue weighted by molar-refractivity contribution is 0.469. The van der Waals surface area contributed by atoms with E-state index in [-0.39, 0.29) is 0 Å². The van der Waals surface area contributed by atoms with E-state index in [2.05, 4.69) is 45.0 Å². The van der Waals surface area contributed by atoms with Gasteiger partial charge in [-0.2, -0.15) is 0 Å². The zero-order valence-electron chi connectivity index (χ0n) is 12.0. The van der Waals surface area contributed by atoms with Crippen molar-refractivity contribution in [3.63, 3.8) is 0 Å². The Kier molecular flexibility index (Phi) is 4.26. The zero-order chi connectivity index (χ0) is 13.8. The molecule has 0 bridgehead atoms. The van der Waals surface area contributed by atoms with Crippen molar-refractivity contribution in [1.82, 2.24) is 0 Å². The number of hydrogen-bond donors (Lipinski definition) is 1. The van der Waals surface area contributed by atoms with Gasteiger partial charge in [0.15, 0.2) is 0 Å². The van der Waals surface area contributed by atoms with Crippen LogP contribution in [0.1, 0.15) is 37.5 Å². The van der Waals surface area contributed by atoms with E-state index in [1.165, 1.54) is 22.3 Å². The number of rotatable bonds is 4. The van der Waals surface area contributed by atoms with Crippen molar-refractivity contribution in [2.45, 2.75) is 40.0 Å². The predicted octanol–water partition coefficient (Wildman–Crippen LogP) is 4.75. The first-order valence-electron chi connectivity index (χ1n) is 7.13. The molecule has 0 saturated heterocycles. The summed E-state index contributed by atoms with van der Waals surface area (Å²) >= 11 is 0. The number of phenols is 1. The van der Waals surface area contributed by atoms with Gasteiger partial charge in [0.1, 0.15) is 5.75 Å². The van der Waals surface area contributed by atoms with Gasteiger partial charge in [0, 0.05) is 0 Å². The molecule has 19 heavy (non-hydrogen) atoms. The van der Waals surface area contributed by atoms with Crippen LogP contribution in [-0.2, 0) is 19.3 Å². The maximum Gasteiger partial charge on any atom is 0.118 e. The molecule has 0 heterocycles. The standard InChI is InChI=1S/C18H22O/c1-4-13-9-14(5-2)11-17(10-13)16-7-8-18(19)15(6-3)12-16/h7-12,19H,4-6H2,1-3H3. The molecule has 2 aromatic rings. The highest BCUT2D eigenvalue weighted by Crippen LogP contribution is 2.28. The van der Waals surface area contributed by atoms with Gasteiger partial charge in [0.05, 0.1) is 0 Å².